The van der Waals surface area contributed by atoms with Crippen molar-refractivity contribution >= 4 is 23.8 Å². The van der Waals surface area contributed by atoms with Crippen LogP contribution in [0.3, 0.4) is 0 Å². The van der Waals surface area contributed by atoms with Gasteiger partial charge >= 0.3 is 12.0 Å². The molecule has 3 unspecified atom stereocenters. The number of nitrogens with zero attached hydrogens (tertiary/aromatic N) is 1. The Morgan fingerprint density at radius 2 is 2.21 bits per heavy atom. The van der Waals surface area contributed by atoms with E-state index >= 15 is 0 Å². The first-order valence-electron chi connectivity index (χ1n) is 6.54. The fourth-order valence-electron chi connectivity index (χ4n) is 2.67. The molecular formula is C12H20N2O4S. The first-order valence-corrected chi connectivity index (χ1v) is 7.69. The summed E-state index contributed by atoms with van der Waals surface area (Å²) in [5.41, 5.74) is 0. The number of ether oxygens (including phenoxy) is 1. The van der Waals surface area contributed by atoms with E-state index in [0.29, 0.717) is 12.3 Å². The van der Waals surface area contributed by atoms with Gasteiger partial charge in [0.15, 0.2) is 0 Å². The van der Waals surface area contributed by atoms with Crippen molar-refractivity contribution in [2.24, 2.45) is 0 Å². The van der Waals surface area contributed by atoms with Gasteiger partial charge in [0.05, 0.1) is 12.1 Å². The van der Waals surface area contributed by atoms with Crippen molar-refractivity contribution in [2.45, 2.75) is 37.5 Å². The molecule has 1 saturated heterocycles. The fourth-order valence-corrected chi connectivity index (χ4v) is 3.70. The summed E-state index contributed by atoms with van der Waals surface area (Å²) in [7, 11) is 1.65. The number of thioether (sulfide) groups is 1. The number of methoxy groups -OCH3 is 1. The van der Waals surface area contributed by atoms with Crippen molar-refractivity contribution in [1.29, 1.82) is 0 Å². The van der Waals surface area contributed by atoms with E-state index in [1.807, 2.05) is 0 Å². The molecule has 1 aliphatic carbocycles. The molecule has 0 aromatic rings. The van der Waals surface area contributed by atoms with Crippen LogP contribution in [-0.4, -0.2) is 65.4 Å². The molecule has 2 fully saturated rings. The molecule has 0 aromatic carbocycles. The number of nitrogens with one attached hydrogen (secondary N) is 1. The molecule has 3 atom stereocenters. The normalized spacial score (nSPS) is 31.2. The zero-order valence-electron chi connectivity index (χ0n) is 11.0. The Labute approximate surface area is 116 Å². The third-order valence-electron chi connectivity index (χ3n) is 3.74. The second-order valence-corrected chi connectivity index (χ2v) is 6.03. The van der Waals surface area contributed by atoms with Gasteiger partial charge in [0, 0.05) is 25.2 Å². The lowest BCUT2D eigenvalue weighted by atomic mass is 10.2. The van der Waals surface area contributed by atoms with Gasteiger partial charge in [-0.3, -0.25) is 0 Å². The van der Waals surface area contributed by atoms with Crippen LogP contribution in [0, 0.1) is 0 Å². The molecule has 19 heavy (non-hydrogen) atoms. The van der Waals surface area contributed by atoms with Crippen LogP contribution < -0.4 is 5.32 Å². The van der Waals surface area contributed by atoms with E-state index in [1.165, 1.54) is 4.90 Å². The Hall–Kier alpha value is -0.950. The molecule has 7 heteroatoms. The number of carbonyl (C=O) groups excluding carboxylic acids is 1. The van der Waals surface area contributed by atoms with Crippen LogP contribution in [0.4, 0.5) is 4.79 Å². The van der Waals surface area contributed by atoms with Gasteiger partial charge in [0.1, 0.15) is 6.04 Å². The van der Waals surface area contributed by atoms with Gasteiger partial charge in [-0.15, -0.1) is 0 Å². The summed E-state index contributed by atoms with van der Waals surface area (Å²) in [4.78, 5) is 24.8. The van der Waals surface area contributed by atoms with Crippen LogP contribution in [-0.2, 0) is 9.53 Å². The number of rotatable bonds is 3. The van der Waals surface area contributed by atoms with Gasteiger partial charge in [-0.05, 0) is 19.3 Å². The van der Waals surface area contributed by atoms with E-state index in [-0.39, 0.29) is 18.2 Å². The SMILES string of the molecule is COC1CCCC1NC(=O)N1CCSCC1C(=O)O. The minimum atomic E-state index is -0.933. The number of hydrogen-bond acceptors (Lipinski definition) is 4. The molecule has 0 radical (unpaired) electrons. The van der Waals surface area contributed by atoms with Crippen LogP contribution >= 0.6 is 11.8 Å². The monoisotopic (exact) mass is 288 g/mol. The number of urea groups is 1. The average molecular weight is 288 g/mol. The van der Waals surface area contributed by atoms with Crippen molar-refractivity contribution in [1.82, 2.24) is 10.2 Å². The highest BCUT2D eigenvalue weighted by atomic mass is 32.2. The molecule has 2 aliphatic rings. The smallest absolute Gasteiger partial charge is 0.327 e. The lowest BCUT2D eigenvalue weighted by molar-refractivity contribution is -0.141. The van der Waals surface area contributed by atoms with E-state index in [2.05, 4.69) is 5.32 Å². The van der Waals surface area contributed by atoms with Gasteiger partial charge in [-0.25, -0.2) is 9.59 Å². The Kier molecular flexibility index (Phi) is 4.93. The lowest BCUT2D eigenvalue weighted by Crippen LogP contribution is -2.56. The summed E-state index contributed by atoms with van der Waals surface area (Å²) in [5.74, 6) is 0.313. The predicted molar refractivity (Wildman–Crippen MR) is 72.4 cm³/mol. The van der Waals surface area contributed by atoms with Crippen molar-refractivity contribution in [3.05, 3.63) is 0 Å². The third kappa shape index (κ3) is 3.33. The predicted octanol–water partition coefficient (Wildman–Crippen LogP) is 0.765. The molecule has 2 N–H and O–H groups in total. The Morgan fingerprint density at radius 3 is 2.89 bits per heavy atom. The van der Waals surface area contributed by atoms with Crippen LogP contribution in [0.1, 0.15) is 19.3 Å². The minimum absolute atomic E-state index is 0.00141. The summed E-state index contributed by atoms with van der Waals surface area (Å²) in [5, 5.41) is 12.1. The highest BCUT2D eigenvalue weighted by molar-refractivity contribution is 7.99. The van der Waals surface area contributed by atoms with Crippen molar-refractivity contribution in [3.8, 4) is 0 Å². The third-order valence-corrected chi connectivity index (χ3v) is 4.76. The van der Waals surface area contributed by atoms with Gasteiger partial charge in [0.2, 0.25) is 0 Å². The summed E-state index contributed by atoms with van der Waals surface area (Å²) < 4.78 is 5.33. The summed E-state index contributed by atoms with van der Waals surface area (Å²) >= 11 is 1.57. The standard InChI is InChI=1S/C12H20N2O4S/c1-18-10-4-2-3-8(10)13-12(17)14-5-6-19-7-9(14)11(15)16/h8-10H,2-7H2,1H3,(H,13,17)(H,15,16). The number of amides is 2. The maximum atomic E-state index is 12.2. The van der Waals surface area contributed by atoms with Gasteiger partial charge in [-0.1, -0.05) is 0 Å². The fraction of sp³-hybridized carbons (Fsp3) is 0.833. The Morgan fingerprint density at radius 1 is 1.42 bits per heavy atom. The summed E-state index contributed by atoms with van der Waals surface area (Å²) in [6.07, 6.45) is 2.91. The Balaban J connectivity index is 1.95. The number of hydrogen-bond donors (Lipinski definition) is 2. The van der Waals surface area contributed by atoms with Crippen LogP contribution in [0.2, 0.25) is 0 Å². The van der Waals surface area contributed by atoms with E-state index in [1.54, 1.807) is 18.9 Å². The van der Waals surface area contributed by atoms with Crippen LogP contribution in [0.15, 0.2) is 0 Å². The largest absolute Gasteiger partial charge is 0.480 e. The van der Waals surface area contributed by atoms with Gasteiger partial charge in [-0.2, -0.15) is 11.8 Å². The van der Waals surface area contributed by atoms with Crippen LogP contribution in [0.5, 0.6) is 0 Å². The highest BCUT2D eigenvalue weighted by Crippen LogP contribution is 2.23. The van der Waals surface area contributed by atoms with E-state index in [4.69, 9.17) is 9.84 Å². The topological polar surface area (TPSA) is 78.9 Å². The van der Waals surface area contributed by atoms with Gasteiger partial charge < -0.3 is 20.1 Å². The van der Waals surface area contributed by atoms with E-state index < -0.39 is 12.0 Å². The summed E-state index contributed by atoms with van der Waals surface area (Å²) in [6.45, 7) is 0.484. The molecule has 2 rings (SSSR count). The molecule has 0 aromatic heterocycles. The van der Waals surface area contributed by atoms with Crippen molar-refractivity contribution in [2.75, 3.05) is 25.2 Å². The molecule has 1 heterocycles. The van der Waals surface area contributed by atoms with Crippen molar-refractivity contribution in [3.63, 3.8) is 0 Å². The number of aliphatic carboxylic acids is 1. The maximum Gasteiger partial charge on any atom is 0.327 e. The Bertz CT molecular complexity index is 353. The highest BCUT2D eigenvalue weighted by Gasteiger charge is 2.35. The van der Waals surface area contributed by atoms with Crippen LogP contribution in [0.25, 0.3) is 0 Å². The molecule has 1 aliphatic heterocycles. The second kappa shape index (κ2) is 6.47. The number of carbonyl (C=O) groups is 2. The molecular weight excluding hydrogens is 268 g/mol. The summed E-state index contributed by atoms with van der Waals surface area (Å²) in [6, 6.07) is -0.996. The number of carboxylic acid groups (broad SMARTS) is 1. The first kappa shape index (κ1) is 14.5. The van der Waals surface area contributed by atoms with Crippen molar-refractivity contribution < 1.29 is 19.4 Å². The molecule has 1 saturated carbocycles. The molecule has 0 bridgehead atoms. The van der Waals surface area contributed by atoms with Gasteiger partial charge in [0.25, 0.3) is 0 Å². The average Bonchev–Trinajstić information content (AvgIpc) is 2.85. The first-order chi connectivity index (χ1) is 9.13. The minimum Gasteiger partial charge on any atom is -0.480 e. The molecule has 2 amide bonds. The quantitative estimate of drug-likeness (QED) is 0.802. The van der Waals surface area contributed by atoms with E-state index in [9.17, 15) is 9.59 Å². The molecule has 108 valence electrons. The number of carboxylic acids is 1. The second-order valence-electron chi connectivity index (χ2n) is 4.88. The molecule has 0 spiro atoms. The maximum absolute atomic E-state index is 12.2. The zero-order chi connectivity index (χ0) is 13.8. The lowest BCUT2D eigenvalue weighted by Gasteiger charge is -2.34. The van der Waals surface area contributed by atoms with E-state index in [0.717, 1.165) is 25.0 Å². The molecule has 6 nitrogen and oxygen atoms in total. The zero-order valence-corrected chi connectivity index (χ0v) is 11.8.